The number of nitrogens with zero attached hydrogens (tertiary/aromatic N) is 1. The van der Waals surface area contributed by atoms with Crippen LogP contribution in [0.25, 0.3) is 0 Å². The van der Waals surface area contributed by atoms with Gasteiger partial charge in [-0.05, 0) is 46.2 Å². The summed E-state index contributed by atoms with van der Waals surface area (Å²) in [7, 11) is 3.12. The summed E-state index contributed by atoms with van der Waals surface area (Å²) in [6.45, 7) is 8.30. The Morgan fingerprint density at radius 3 is 2.62 bits per heavy atom. The number of nitrogens with one attached hydrogen (secondary N) is 2. The van der Waals surface area contributed by atoms with E-state index in [1.807, 2.05) is 20.8 Å². The van der Waals surface area contributed by atoms with Crippen molar-refractivity contribution in [2.24, 2.45) is 0 Å². The number of carbonyl (C=O) groups excluding carboxylic acids is 2. The quantitative estimate of drug-likeness (QED) is 0.395. The molecule has 9 nitrogen and oxygen atoms in total. The van der Waals surface area contributed by atoms with Gasteiger partial charge < -0.3 is 35.5 Å². The highest BCUT2D eigenvalue weighted by Crippen LogP contribution is 2.29. The minimum atomic E-state index is -0.510. The van der Waals surface area contributed by atoms with E-state index in [0.717, 1.165) is 25.9 Å². The van der Waals surface area contributed by atoms with E-state index >= 15 is 0 Å². The highest BCUT2D eigenvalue weighted by Gasteiger charge is 2.31. The lowest BCUT2D eigenvalue weighted by atomic mass is 10.0. The number of benzene rings is 1. The van der Waals surface area contributed by atoms with Gasteiger partial charge in [0.25, 0.3) is 5.91 Å². The number of hydrogen-bond donors (Lipinski definition) is 3. The molecule has 0 bridgehead atoms. The fraction of sp³-hybridized carbons (Fsp3) is 0.636. The second-order valence-electron chi connectivity index (χ2n) is 8.80. The van der Waals surface area contributed by atoms with Crippen molar-refractivity contribution < 1.29 is 23.8 Å². The van der Waals surface area contributed by atoms with Crippen LogP contribution in [-0.2, 0) is 9.47 Å². The fourth-order valence-electron chi connectivity index (χ4n) is 3.56. The Morgan fingerprint density at radius 2 is 2.00 bits per heavy atom. The van der Waals surface area contributed by atoms with Crippen molar-refractivity contribution in [3.8, 4) is 5.75 Å². The molecule has 0 saturated carbocycles. The molecule has 0 spiro atoms. The van der Waals surface area contributed by atoms with Gasteiger partial charge in [0.15, 0.2) is 0 Å². The Kier molecular flexibility index (Phi) is 9.42. The molecule has 4 N–H and O–H groups in total. The predicted molar refractivity (Wildman–Crippen MR) is 124 cm³/mol. The van der Waals surface area contributed by atoms with Crippen molar-refractivity contribution in [1.82, 2.24) is 15.5 Å². The molecule has 1 fully saturated rings. The van der Waals surface area contributed by atoms with Crippen molar-refractivity contribution in [3.05, 3.63) is 22.7 Å². The first kappa shape index (κ1) is 26.0. The lowest BCUT2D eigenvalue weighted by molar-refractivity contribution is 0.00604. The first-order valence-corrected chi connectivity index (χ1v) is 11.1. The van der Waals surface area contributed by atoms with Gasteiger partial charge in [-0.15, -0.1) is 0 Å². The molecule has 2 rings (SSSR count). The molecule has 1 heterocycles. The van der Waals surface area contributed by atoms with Crippen LogP contribution in [0.1, 0.15) is 44.0 Å². The fourth-order valence-corrected chi connectivity index (χ4v) is 3.72. The summed E-state index contributed by atoms with van der Waals surface area (Å²) in [5.74, 6) is 0.0825. The maximum atomic E-state index is 12.9. The molecule has 1 aromatic rings. The Hall–Kier alpha value is -2.23. The molecule has 2 unspecified atom stereocenters. The van der Waals surface area contributed by atoms with Crippen LogP contribution in [0.5, 0.6) is 5.75 Å². The van der Waals surface area contributed by atoms with E-state index in [-0.39, 0.29) is 18.1 Å². The maximum Gasteiger partial charge on any atom is 0.407 e. The number of likely N-dealkylation sites (tertiary alicyclic amines) is 1. The number of nitrogen functional groups attached to an aromatic ring is 1. The highest BCUT2D eigenvalue weighted by atomic mass is 35.5. The molecule has 0 aliphatic carbocycles. The van der Waals surface area contributed by atoms with Gasteiger partial charge in [-0.1, -0.05) is 11.6 Å². The van der Waals surface area contributed by atoms with Crippen LogP contribution in [0.15, 0.2) is 12.1 Å². The van der Waals surface area contributed by atoms with Crippen molar-refractivity contribution in [2.45, 2.75) is 51.4 Å². The smallest absolute Gasteiger partial charge is 0.407 e. The largest absolute Gasteiger partial charge is 0.496 e. The number of alkyl carbamates (subject to hydrolysis) is 1. The van der Waals surface area contributed by atoms with Gasteiger partial charge in [-0.3, -0.25) is 4.79 Å². The number of hydrogen-bond acceptors (Lipinski definition) is 7. The van der Waals surface area contributed by atoms with Crippen LogP contribution < -0.4 is 21.1 Å². The summed E-state index contributed by atoms with van der Waals surface area (Å²) in [6.07, 6.45) is 0.941. The number of ether oxygens (including phenoxy) is 3. The van der Waals surface area contributed by atoms with Crippen molar-refractivity contribution >= 4 is 29.3 Å². The Morgan fingerprint density at radius 1 is 1.28 bits per heavy atom. The van der Waals surface area contributed by atoms with E-state index in [4.69, 9.17) is 31.5 Å². The predicted octanol–water partition coefficient (Wildman–Crippen LogP) is 2.66. The molecule has 0 aromatic heterocycles. The zero-order valence-corrected chi connectivity index (χ0v) is 20.3. The molecule has 10 heteroatoms. The minimum absolute atomic E-state index is 0.148. The zero-order chi connectivity index (χ0) is 23.9. The lowest BCUT2D eigenvalue weighted by Crippen LogP contribution is -2.55. The number of anilines is 1. The van der Waals surface area contributed by atoms with Gasteiger partial charge in [0.05, 0.1) is 35.5 Å². The summed E-state index contributed by atoms with van der Waals surface area (Å²) >= 11 is 6.09. The van der Waals surface area contributed by atoms with Gasteiger partial charge in [0, 0.05) is 32.8 Å². The molecule has 2 amide bonds. The summed E-state index contributed by atoms with van der Waals surface area (Å²) in [5.41, 5.74) is 5.97. The molecule has 2 atom stereocenters. The molecule has 1 aliphatic heterocycles. The van der Waals surface area contributed by atoms with Gasteiger partial charge in [-0.2, -0.15) is 0 Å². The monoisotopic (exact) mass is 470 g/mol. The van der Waals surface area contributed by atoms with Crippen molar-refractivity contribution in [3.63, 3.8) is 0 Å². The molecule has 32 heavy (non-hydrogen) atoms. The second-order valence-corrected chi connectivity index (χ2v) is 9.21. The van der Waals surface area contributed by atoms with Gasteiger partial charge in [-0.25, -0.2) is 4.79 Å². The number of halogens is 1. The number of amides is 2. The molecule has 180 valence electrons. The summed E-state index contributed by atoms with van der Waals surface area (Å²) in [6, 6.07) is 2.91. The Labute approximate surface area is 194 Å². The van der Waals surface area contributed by atoms with Crippen LogP contribution in [-0.4, -0.2) is 75.0 Å². The van der Waals surface area contributed by atoms with Crippen LogP contribution in [0, 0.1) is 0 Å². The lowest BCUT2D eigenvalue weighted by Gasteiger charge is -2.38. The number of carbonyl (C=O) groups is 2. The number of methoxy groups -OCH3 is 2. The molecule has 1 saturated heterocycles. The van der Waals surface area contributed by atoms with E-state index in [2.05, 4.69) is 15.5 Å². The molecular weight excluding hydrogens is 436 g/mol. The minimum Gasteiger partial charge on any atom is -0.496 e. The molecule has 0 radical (unpaired) electrons. The van der Waals surface area contributed by atoms with Crippen LogP contribution in [0.4, 0.5) is 10.5 Å². The number of nitrogens with two attached hydrogens (primary N) is 1. The maximum absolute atomic E-state index is 12.9. The third kappa shape index (κ3) is 7.72. The molecule has 1 aliphatic rings. The Balaban J connectivity index is 1.84. The standard InChI is InChI=1S/C22H35ClN4O5/c1-22(2,3)32-21(29)25-8-6-9-27-10-7-17(19(13-27)31-5)26-20(28)14-11-15(23)16(24)12-18(14)30-4/h11-12,17,19H,6-10,13,24H2,1-5H3,(H,25,29)(H,26,28). The first-order valence-electron chi connectivity index (χ1n) is 10.7. The van der Waals surface area contributed by atoms with E-state index in [1.54, 1.807) is 13.2 Å². The van der Waals surface area contributed by atoms with E-state index < -0.39 is 11.7 Å². The number of piperidine rings is 1. The molecule has 1 aromatic carbocycles. The van der Waals surface area contributed by atoms with Crippen LogP contribution in [0.2, 0.25) is 5.02 Å². The van der Waals surface area contributed by atoms with E-state index in [9.17, 15) is 9.59 Å². The van der Waals surface area contributed by atoms with Crippen LogP contribution >= 0.6 is 11.6 Å². The van der Waals surface area contributed by atoms with E-state index in [0.29, 0.717) is 35.1 Å². The third-order valence-electron chi connectivity index (χ3n) is 5.15. The van der Waals surface area contributed by atoms with Gasteiger partial charge in [0.1, 0.15) is 11.4 Å². The topological polar surface area (TPSA) is 115 Å². The summed E-state index contributed by atoms with van der Waals surface area (Å²) in [5, 5.41) is 6.11. The summed E-state index contributed by atoms with van der Waals surface area (Å²) < 4.78 is 16.2. The summed E-state index contributed by atoms with van der Waals surface area (Å²) in [4.78, 5) is 26.8. The van der Waals surface area contributed by atoms with E-state index in [1.165, 1.54) is 13.2 Å². The second kappa shape index (κ2) is 11.6. The highest BCUT2D eigenvalue weighted by molar-refractivity contribution is 6.33. The van der Waals surface area contributed by atoms with Gasteiger partial charge >= 0.3 is 6.09 Å². The zero-order valence-electron chi connectivity index (χ0n) is 19.5. The first-order chi connectivity index (χ1) is 15.0. The molecular formula is C22H35ClN4O5. The average Bonchev–Trinajstić information content (AvgIpc) is 2.72. The van der Waals surface area contributed by atoms with Gasteiger partial charge in [0.2, 0.25) is 0 Å². The average molecular weight is 471 g/mol. The van der Waals surface area contributed by atoms with Crippen molar-refractivity contribution in [1.29, 1.82) is 0 Å². The Bertz CT molecular complexity index is 799. The SMILES string of the molecule is COc1cc(N)c(Cl)cc1C(=O)NC1CCN(CCCNC(=O)OC(C)(C)C)CC1OC. The number of rotatable bonds is 8. The van der Waals surface area contributed by atoms with Crippen molar-refractivity contribution in [2.75, 3.05) is 46.1 Å². The normalized spacial score (nSPS) is 19.3. The third-order valence-corrected chi connectivity index (χ3v) is 5.47. The van der Waals surface area contributed by atoms with Crippen LogP contribution in [0.3, 0.4) is 0 Å².